The number of nitrogens with zero attached hydrogens (tertiary/aromatic N) is 3. The zero-order chi connectivity index (χ0) is 32.3. The number of hydrogen-bond acceptors (Lipinski definition) is 11. The van der Waals surface area contributed by atoms with Crippen molar-refractivity contribution in [3.63, 3.8) is 0 Å². The molecule has 1 aliphatic heterocycles. The van der Waals surface area contributed by atoms with Gasteiger partial charge in [-0.1, -0.05) is 43.3 Å². The van der Waals surface area contributed by atoms with Crippen LogP contribution in [0.15, 0.2) is 40.4 Å². The van der Waals surface area contributed by atoms with Gasteiger partial charge >= 0.3 is 0 Å². The van der Waals surface area contributed by atoms with Gasteiger partial charge in [-0.05, 0) is 30.9 Å². The summed E-state index contributed by atoms with van der Waals surface area (Å²) in [6, 6.07) is 8.24. The van der Waals surface area contributed by atoms with Gasteiger partial charge in [0.25, 0.3) is 0 Å². The van der Waals surface area contributed by atoms with Crippen molar-refractivity contribution < 1.29 is 38.5 Å². The predicted octanol–water partition coefficient (Wildman–Crippen LogP) is 3.02. The summed E-state index contributed by atoms with van der Waals surface area (Å²) < 4.78 is 22.1. The van der Waals surface area contributed by atoms with E-state index in [1.165, 1.54) is 4.90 Å². The molecule has 0 spiro atoms. The van der Waals surface area contributed by atoms with Crippen LogP contribution in [0.4, 0.5) is 0 Å². The number of aliphatic hydroxyl groups is 2. The third kappa shape index (κ3) is 9.41. The van der Waals surface area contributed by atoms with Crippen LogP contribution in [0, 0.1) is 19.8 Å². The number of benzene rings is 1. The summed E-state index contributed by atoms with van der Waals surface area (Å²) in [5.74, 6) is -0.962. The number of likely N-dealkylation sites (tertiary alicyclic amines) is 1. The molecule has 13 heteroatoms. The van der Waals surface area contributed by atoms with E-state index in [-0.39, 0.29) is 50.5 Å². The average Bonchev–Trinajstić information content (AvgIpc) is 3.75. The van der Waals surface area contributed by atoms with Crippen LogP contribution in [0.5, 0.6) is 0 Å². The van der Waals surface area contributed by atoms with E-state index in [0.717, 1.165) is 21.7 Å². The van der Waals surface area contributed by atoms with Crippen LogP contribution in [0.25, 0.3) is 10.4 Å². The fourth-order valence-electron chi connectivity index (χ4n) is 5.39. The highest BCUT2D eigenvalue weighted by molar-refractivity contribution is 7.13. The Morgan fingerprint density at radius 1 is 1.09 bits per heavy atom. The van der Waals surface area contributed by atoms with E-state index in [2.05, 4.69) is 15.5 Å². The van der Waals surface area contributed by atoms with Crippen LogP contribution in [0.1, 0.15) is 54.9 Å². The Morgan fingerprint density at radius 3 is 2.38 bits per heavy atom. The van der Waals surface area contributed by atoms with E-state index >= 15 is 0 Å². The second kappa shape index (κ2) is 16.9. The molecule has 2 aromatic heterocycles. The first-order valence-corrected chi connectivity index (χ1v) is 16.1. The molecule has 0 saturated carbocycles. The molecule has 0 radical (unpaired) electrons. The lowest BCUT2D eigenvalue weighted by molar-refractivity contribution is -0.141. The average molecular weight is 645 g/mol. The van der Waals surface area contributed by atoms with Crippen molar-refractivity contribution in [3.8, 4) is 10.4 Å². The minimum atomic E-state index is -0.860. The van der Waals surface area contributed by atoms with Crippen LogP contribution in [0.2, 0.25) is 0 Å². The topological polar surface area (TPSA) is 156 Å². The maximum absolute atomic E-state index is 13.8. The Labute approximate surface area is 267 Å². The van der Waals surface area contributed by atoms with Gasteiger partial charge < -0.3 is 39.2 Å². The molecule has 1 unspecified atom stereocenters. The van der Waals surface area contributed by atoms with Crippen LogP contribution >= 0.6 is 11.3 Å². The van der Waals surface area contributed by atoms with Crippen molar-refractivity contribution in [3.05, 3.63) is 58.6 Å². The summed E-state index contributed by atoms with van der Waals surface area (Å²) >= 11 is 1.57. The first-order chi connectivity index (χ1) is 21.7. The minimum Gasteiger partial charge on any atom is -0.394 e. The van der Waals surface area contributed by atoms with Crippen LogP contribution in [-0.4, -0.2) is 102 Å². The maximum Gasteiger partial charge on any atom is 0.243 e. The number of aromatic nitrogens is 2. The number of carbonyl (C=O) groups is 2. The number of rotatable bonds is 17. The molecule has 3 heterocycles. The number of amides is 2. The van der Waals surface area contributed by atoms with Gasteiger partial charge in [-0.2, -0.15) is 0 Å². The van der Waals surface area contributed by atoms with Gasteiger partial charge in [0.2, 0.25) is 11.8 Å². The van der Waals surface area contributed by atoms with E-state index in [4.69, 9.17) is 23.8 Å². The molecule has 3 N–H and O–H groups in total. The number of ether oxygens (including phenoxy) is 3. The highest BCUT2D eigenvalue weighted by Crippen LogP contribution is 2.32. The Hall–Kier alpha value is -3.20. The third-order valence-electron chi connectivity index (χ3n) is 7.65. The number of nitrogens with one attached hydrogen (secondary N) is 1. The molecule has 2 amide bonds. The highest BCUT2D eigenvalue weighted by atomic mass is 32.1. The van der Waals surface area contributed by atoms with Gasteiger partial charge in [-0.15, -0.1) is 11.3 Å². The van der Waals surface area contributed by atoms with Crippen molar-refractivity contribution in [1.82, 2.24) is 20.4 Å². The van der Waals surface area contributed by atoms with Crippen LogP contribution in [0.3, 0.4) is 0 Å². The molecule has 0 bridgehead atoms. The van der Waals surface area contributed by atoms with E-state index in [1.807, 2.05) is 50.5 Å². The zero-order valence-electron chi connectivity index (χ0n) is 26.3. The smallest absolute Gasteiger partial charge is 0.243 e. The summed E-state index contributed by atoms with van der Waals surface area (Å²) in [7, 11) is 0. The first kappa shape index (κ1) is 34.7. The molecule has 45 heavy (non-hydrogen) atoms. The molecule has 246 valence electrons. The van der Waals surface area contributed by atoms with E-state index in [9.17, 15) is 14.7 Å². The molecule has 0 aliphatic carbocycles. The van der Waals surface area contributed by atoms with Gasteiger partial charge in [0, 0.05) is 19.0 Å². The lowest BCUT2D eigenvalue weighted by Gasteiger charge is -2.30. The normalized spacial score (nSPS) is 18.0. The van der Waals surface area contributed by atoms with Gasteiger partial charge in [0.05, 0.1) is 80.2 Å². The minimum absolute atomic E-state index is 0.0355. The Bertz CT molecular complexity index is 1360. The number of aliphatic hydroxyl groups excluding tert-OH is 2. The Kier molecular flexibility index (Phi) is 13.0. The highest BCUT2D eigenvalue weighted by Gasteiger charge is 2.43. The van der Waals surface area contributed by atoms with Crippen molar-refractivity contribution in [1.29, 1.82) is 0 Å². The van der Waals surface area contributed by atoms with E-state index < -0.39 is 24.1 Å². The number of carbonyl (C=O) groups excluding carboxylic acids is 2. The van der Waals surface area contributed by atoms with E-state index in [1.54, 1.807) is 24.3 Å². The first-order valence-electron chi connectivity index (χ1n) is 15.3. The standard InChI is InChI=1S/C32H44N4O8S/c1-20(2)29(28-15-21(3)35-44-28)32(40)36-17-25(38)16-27(36)31(39)34-26(18-43-14-13-42-12-11-41-10-9-37)23-5-7-24(8-6-23)30-22(4)33-19-45-30/h5-8,15,19-20,25-27,29,37-38H,9-14,16-18H2,1-4H3,(H,34,39)/t25-,26+,27+,29?/m1/s1. The molecular weight excluding hydrogens is 600 g/mol. The Morgan fingerprint density at radius 2 is 1.78 bits per heavy atom. The number of aryl methyl sites for hydroxylation is 2. The fraction of sp³-hybridized carbons (Fsp3) is 0.562. The lowest BCUT2D eigenvalue weighted by Crippen LogP contribution is -2.49. The van der Waals surface area contributed by atoms with Crippen molar-refractivity contribution in [2.24, 2.45) is 5.92 Å². The largest absolute Gasteiger partial charge is 0.394 e. The van der Waals surface area contributed by atoms with Crippen molar-refractivity contribution in [2.75, 3.05) is 52.8 Å². The van der Waals surface area contributed by atoms with Crippen molar-refractivity contribution in [2.45, 2.75) is 58.2 Å². The van der Waals surface area contributed by atoms with Gasteiger partial charge in [-0.3, -0.25) is 9.59 Å². The maximum atomic E-state index is 13.8. The third-order valence-corrected chi connectivity index (χ3v) is 8.63. The van der Waals surface area contributed by atoms with Crippen LogP contribution < -0.4 is 5.32 Å². The molecule has 1 fully saturated rings. The SMILES string of the molecule is Cc1cc(C(C(=O)N2C[C@H](O)C[C@H]2C(=O)N[C@@H](COCCOCCOCCO)c2ccc(-c3scnc3C)cc2)C(C)C)on1. The van der Waals surface area contributed by atoms with E-state index in [0.29, 0.717) is 37.9 Å². The number of thiazole rings is 1. The molecule has 1 aromatic carbocycles. The molecule has 12 nitrogen and oxygen atoms in total. The number of hydrogen-bond donors (Lipinski definition) is 3. The van der Waals surface area contributed by atoms with Gasteiger partial charge in [-0.25, -0.2) is 4.98 Å². The van der Waals surface area contributed by atoms with Gasteiger partial charge in [0.15, 0.2) is 0 Å². The quantitative estimate of drug-likeness (QED) is 0.187. The summed E-state index contributed by atoms with van der Waals surface area (Å²) in [5.41, 5.74) is 5.29. The molecule has 4 rings (SSSR count). The summed E-state index contributed by atoms with van der Waals surface area (Å²) in [6.07, 6.45) is -0.703. The summed E-state index contributed by atoms with van der Waals surface area (Å²) in [5, 5.41) is 26.4. The Balaban J connectivity index is 1.46. The van der Waals surface area contributed by atoms with Gasteiger partial charge in [0.1, 0.15) is 17.7 Å². The second-order valence-corrected chi connectivity index (χ2v) is 12.3. The fourth-order valence-corrected chi connectivity index (χ4v) is 6.20. The monoisotopic (exact) mass is 644 g/mol. The molecule has 1 aliphatic rings. The molecule has 1 saturated heterocycles. The molecular formula is C32H44N4O8S. The predicted molar refractivity (Wildman–Crippen MR) is 168 cm³/mol. The summed E-state index contributed by atoms with van der Waals surface area (Å²) in [6.45, 7) is 9.42. The molecule has 3 aromatic rings. The second-order valence-electron chi connectivity index (χ2n) is 11.5. The zero-order valence-corrected chi connectivity index (χ0v) is 27.1. The van der Waals surface area contributed by atoms with Crippen LogP contribution in [-0.2, 0) is 23.8 Å². The molecule has 4 atom stereocenters. The van der Waals surface area contributed by atoms with Crippen molar-refractivity contribution >= 4 is 23.2 Å². The lowest BCUT2D eigenvalue weighted by atomic mass is 9.91. The number of β-amino-alcohol motifs (C(OH)–C–C–N with tert-alkyl or cyclic N) is 1. The summed E-state index contributed by atoms with van der Waals surface area (Å²) in [4.78, 5) is 34.5.